The molecule has 0 saturated heterocycles. The lowest BCUT2D eigenvalue weighted by molar-refractivity contribution is -0.117. The average molecular weight is 374 g/mol. The van der Waals surface area contributed by atoms with Crippen LogP contribution in [0, 0.1) is 0 Å². The summed E-state index contributed by atoms with van der Waals surface area (Å²) in [6.07, 6.45) is 0.978. The van der Waals surface area contributed by atoms with Gasteiger partial charge in [0, 0.05) is 26.7 Å². The molecule has 2 rings (SSSR count). The number of Topliss-reactive ketones (excluding diaryl/α,β-unsaturated/α-hetero) is 1. The van der Waals surface area contributed by atoms with Crippen molar-refractivity contribution >= 4 is 49.0 Å². The topological polar surface area (TPSA) is 17.1 Å². The van der Waals surface area contributed by atoms with Crippen LogP contribution in [0.3, 0.4) is 0 Å². The first-order valence-corrected chi connectivity index (χ1v) is 7.60. The normalized spacial score (nSPS) is 10.5. The average Bonchev–Trinajstić information content (AvgIpc) is 2.68. The molecule has 0 aliphatic carbocycles. The summed E-state index contributed by atoms with van der Waals surface area (Å²) in [7, 11) is 0. The minimum absolute atomic E-state index is 0.236. The Morgan fingerprint density at radius 2 is 1.82 bits per heavy atom. The number of rotatable bonds is 4. The van der Waals surface area contributed by atoms with Crippen molar-refractivity contribution in [2.24, 2.45) is 0 Å². The number of halogens is 2. The van der Waals surface area contributed by atoms with Gasteiger partial charge in [-0.25, -0.2) is 0 Å². The number of carbonyl (C=O) groups is 1. The summed E-state index contributed by atoms with van der Waals surface area (Å²) in [5.74, 6) is 0.236. The largest absolute Gasteiger partial charge is 0.299 e. The molecule has 0 unspecified atom stereocenters. The molecule has 0 N–H and O–H groups in total. The molecule has 0 aliphatic heterocycles. The smallest absolute Gasteiger partial charge is 0.142 e. The molecule has 1 aromatic carbocycles. The Bertz CT molecular complexity index is 534. The van der Waals surface area contributed by atoms with Gasteiger partial charge in [-0.2, -0.15) is 0 Å². The zero-order valence-electron chi connectivity index (χ0n) is 8.95. The van der Waals surface area contributed by atoms with Crippen LogP contribution in [0.15, 0.2) is 44.7 Å². The predicted octanol–water partition coefficient (Wildman–Crippen LogP) is 4.63. The van der Waals surface area contributed by atoms with E-state index in [1.54, 1.807) is 11.3 Å². The molecule has 0 amide bonds. The molecule has 17 heavy (non-hydrogen) atoms. The highest BCUT2D eigenvalue weighted by Crippen LogP contribution is 2.24. The minimum atomic E-state index is 0.236. The van der Waals surface area contributed by atoms with Gasteiger partial charge in [-0.05, 0) is 39.0 Å². The van der Waals surface area contributed by atoms with Crippen molar-refractivity contribution in [3.05, 3.63) is 55.1 Å². The zero-order valence-corrected chi connectivity index (χ0v) is 12.9. The summed E-state index contributed by atoms with van der Waals surface area (Å²) in [4.78, 5) is 13.0. The Kier molecular flexibility index (Phi) is 4.54. The van der Waals surface area contributed by atoms with Crippen LogP contribution >= 0.6 is 43.2 Å². The zero-order chi connectivity index (χ0) is 12.3. The van der Waals surface area contributed by atoms with Crippen LogP contribution in [0.4, 0.5) is 0 Å². The van der Waals surface area contributed by atoms with Crippen molar-refractivity contribution < 1.29 is 4.79 Å². The second-order valence-electron chi connectivity index (χ2n) is 3.68. The van der Waals surface area contributed by atoms with E-state index >= 15 is 0 Å². The first kappa shape index (κ1) is 13.0. The third-order valence-corrected chi connectivity index (χ3v) is 5.09. The van der Waals surface area contributed by atoms with Crippen LogP contribution in [-0.2, 0) is 17.6 Å². The molecule has 0 fully saturated rings. The fraction of sp³-hybridized carbons (Fsp3) is 0.154. The second-order valence-corrected chi connectivity index (χ2v) is 6.38. The first-order valence-electron chi connectivity index (χ1n) is 5.14. The van der Waals surface area contributed by atoms with Gasteiger partial charge in [-0.3, -0.25) is 4.79 Å². The fourth-order valence-electron chi connectivity index (χ4n) is 1.55. The molecule has 0 aliphatic rings. The molecule has 4 heteroatoms. The van der Waals surface area contributed by atoms with Crippen molar-refractivity contribution in [1.29, 1.82) is 0 Å². The molecule has 0 saturated carbocycles. The fourth-order valence-corrected chi connectivity index (χ4v) is 3.49. The van der Waals surface area contributed by atoms with Crippen LogP contribution in [0.25, 0.3) is 0 Å². The summed E-state index contributed by atoms with van der Waals surface area (Å²) in [5, 5.41) is 1.99. The molecule has 0 atom stereocenters. The lowest BCUT2D eigenvalue weighted by Crippen LogP contribution is -2.06. The Labute approximate surface area is 121 Å². The second kappa shape index (κ2) is 5.94. The van der Waals surface area contributed by atoms with Gasteiger partial charge < -0.3 is 0 Å². The summed E-state index contributed by atoms with van der Waals surface area (Å²) in [6, 6.07) is 9.82. The number of carbonyl (C=O) groups excluding carboxylic acids is 1. The van der Waals surface area contributed by atoms with Crippen LogP contribution in [-0.4, -0.2) is 5.78 Å². The van der Waals surface area contributed by atoms with E-state index in [1.165, 1.54) is 0 Å². The SMILES string of the molecule is O=C(Cc1ccccc1Br)Cc1sccc1Br. The van der Waals surface area contributed by atoms with Crippen molar-refractivity contribution in [2.45, 2.75) is 12.8 Å². The van der Waals surface area contributed by atoms with Crippen molar-refractivity contribution in [3.8, 4) is 0 Å². The summed E-state index contributed by atoms with van der Waals surface area (Å²) < 4.78 is 2.03. The van der Waals surface area contributed by atoms with E-state index in [0.717, 1.165) is 19.4 Å². The standard InChI is InChI=1S/C13H10Br2OS/c14-11-4-2-1-3-9(11)7-10(16)8-13-12(15)5-6-17-13/h1-6H,7-8H2. The number of ketones is 1. The molecule has 0 bridgehead atoms. The summed E-state index contributed by atoms with van der Waals surface area (Å²) in [5.41, 5.74) is 1.05. The van der Waals surface area contributed by atoms with Crippen LogP contribution in [0.2, 0.25) is 0 Å². The van der Waals surface area contributed by atoms with Gasteiger partial charge in [0.2, 0.25) is 0 Å². The molecule has 88 valence electrons. The van der Waals surface area contributed by atoms with Crippen molar-refractivity contribution in [2.75, 3.05) is 0 Å². The van der Waals surface area contributed by atoms with E-state index < -0.39 is 0 Å². The van der Waals surface area contributed by atoms with Crippen LogP contribution in [0.1, 0.15) is 10.4 Å². The van der Waals surface area contributed by atoms with Crippen molar-refractivity contribution in [3.63, 3.8) is 0 Å². The van der Waals surface area contributed by atoms with Gasteiger partial charge in [0.1, 0.15) is 5.78 Å². The van der Waals surface area contributed by atoms with Crippen LogP contribution < -0.4 is 0 Å². The number of hydrogen-bond acceptors (Lipinski definition) is 2. The lowest BCUT2D eigenvalue weighted by Gasteiger charge is -2.03. The van der Waals surface area contributed by atoms with Gasteiger partial charge in [-0.15, -0.1) is 11.3 Å². The molecule has 1 heterocycles. The number of hydrogen-bond donors (Lipinski definition) is 0. The molecular weight excluding hydrogens is 364 g/mol. The molecule has 1 nitrogen and oxygen atoms in total. The monoisotopic (exact) mass is 372 g/mol. The molecular formula is C13H10Br2OS. The lowest BCUT2D eigenvalue weighted by atomic mass is 10.1. The maximum absolute atomic E-state index is 11.9. The highest BCUT2D eigenvalue weighted by Gasteiger charge is 2.10. The Morgan fingerprint density at radius 1 is 1.06 bits per heavy atom. The predicted molar refractivity (Wildman–Crippen MR) is 78.6 cm³/mol. The number of benzene rings is 1. The summed E-state index contributed by atoms with van der Waals surface area (Å²) >= 11 is 8.52. The quantitative estimate of drug-likeness (QED) is 0.763. The Morgan fingerprint density at radius 3 is 2.47 bits per heavy atom. The highest BCUT2D eigenvalue weighted by atomic mass is 79.9. The first-order chi connectivity index (χ1) is 8.16. The van der Waals surface area contributed by atoms with Gasteiger partial charge in [-0.1, -0.05) is 34.1 Å². The minimum Gasteiger partial charge on any atom is -0.299 e. The van der Waals surface area contributed by atoms with E-state index in [1.807, 2.05) is 35.7 Å². The molecule has 0 radical (unpaired) electrons. The van der Waals surface area contributed by atoms with E-state index in [2.05, 4.69) is 31.9 Å². The van der Waals surface area contributed by atoms with Gasteiger partial charge >= 0.3 is 0 Å². The third-order valence-electron chi connectivity index (χ3n) is 2.39. The van der Waals surface area contributed by atoms with Gasteiger partial charge in [0.05, 0.1) is 0 Å². The van der Waals surface area contributed by atoms with Gasteiger partial charge in [0.25, 0.3) is 0 Å². The molecule has 1 aromatic heterocycles. The van der Waals surface area contributed by atoms with Crippen LogP contribution in [0.5, 0.6) is 0 Å². The summed E-state index contributed by atoms with van der Waals surface area (Å²) in [6.45, 7) is 0. The Balaban J connectivity index is 2.03. The van der Waals surface area contributed by atoms with Crippen molar-refractivity contribution in [1.82, 2.24) is 0 Å². The maximum atomic E-state index is 11.9. The Hall–Kier alpha value is -0.450. The van der Waals surface area contributed by atoms with E-state index in [9.17, 15) is 4.79 Å². The number of thiophene rings is 1. The third kappa shape index (κ3) is 3.50. The highest BCUT2D eigenvalue weighted by molar-refractivity contribution is 9.10. The van der Waals surface area contributed by atoms with Gasteiger partial charge in [0.15, 0.2) is 0 Å². The molecule has 2 aromatic rings. The van der Waals surface area contributed by atoms with E-state index in [4.69, 9.17) is 0 Å². The maximum Gasteiger partial charge on any atom is 0.142 e. The van der Waals surface area contributed by atoms with E-state index in [-0.39, 0.29) is 5.78 Å². The molecule has 0 spiro atoms. The van der Waals surface area contributed by atoms with E-state index in [0.29, 0.717) is 12.8 Å².